The molecule has 0 aliphatic carbocycles. The second kappa shape index (κ2) is 10.8. The Bertz CT molecular complexity index is 145. The lowest BCUT2D eigenvalue weighted by atomic mass is 10.1. The Kier molecular flexibility index (Phi) is 12.4. The highest BCUT2D eigenvalue weighted by atomic mass is 35.5. The zero-order valence-electron chi connectivity index (χ0n) is 8.70. The lowest BCUT2D eigenvalue weighted by molar-refractivity contribution is -0.145. The van der Waals surface area contributed by atoms with E-state index in [2.05, 4.69) is 0 Å². The number of unbranched alkanes of at least 4 members (excludes halogenated alkanes) is 1. The van der Waals surface area contributed by atoms with Crippen LogP contribution < -0.4 is 11.5 Å². The summed E-state index contributed by atoms with van der Waals surface area (Å²) in [5, 5.41) is 0. The van der Waals surface area contributed by atoms with Crippen molar-refractivity contribution in [3.05, 3.63) is 0 Å². The van der Waals surface area contributed by atoms with Gasteiger partial charge in [-0.1, -0.05) is 13.3 Å². The van der Waals surface area contributed by atoms with E-state index in [1.165, 1.54) is 0 Å². The van der Waals surface area contributed by atoms with Crippen LogP contribution in [-0.2, 0) is 9.53 Å². The Morgan fingerprint density at radius 1 is 1.43 bits per heavy atom. The van der Waals surface area contributed by atoms with Crippen molar-refractivity contribution >= 4 is 18.4 Å². The van der Waals surface area contributed by atoms with Gasteiger partial charge in [0.1, 0.15) is 6.04 Å². The standard InChI is InChI=1S/C9H20N2O2.ClH/c1-2-7-13-9(12)8(11)5-3-4-6-10;/h8H,2-7,10-11H2,1H3;1H/t8-;/m0./s1. The van der Waals surface area contributed by atoms with E-state index in [4.69, 9.17) is 16.2 Å². The van der Waals surface area contributed by atoms with Gasteiger partial charge in [-0.05, 0) is 25.8 Å². The first-order valence-corrected chi connectivity index (χ1v) is 4.84. The number of carbonyl (C=O) groups excluding carboxylic acids is 1. The van der Waals surface area contributed by atoms with Gasteiger partial charge in [0.05, 0.1) is 6.61 Å². The number of rotatable bonds is 7. The fraction of sp³-hybridized carbons (Fsp3) is 0.889. The van der Waals surface area contributed by atoms with Crippen molar-refractivity contribution in [3.8, 4) is 0 Å². The molecule has 5 heteroatoms. The molecule has 0 heterocycles. The maximum Gasteiger partial charge on any atom is 0.322 e. The molecular weight excluding hydrogens is 204 g/mol. The molecule has 0 radical (unpaired) electrons. The second-order valence-corrected chi connectivity index (χ2v) is 3.06. The zero-order valence-corrected chi connectivity index (χ0v) is 9.52. The maximum absolute atomic E-state index is 11.1. The Hall–Kier alpha value is -0.320. The van der Waals surface area contributed by atoms with Crippen molar-refractivity contribution < 1.29 is 9.53 Å². The van der Waals surface area contributed by atoms with Gasteiger partial charge in [-0.3, -0.25) is 4.79 Å². The molecule has 0 aliphatic heterocycles. The van der Waals surface area contributed by atoms with Crippen LogP contribution in [-0.4, -0.2) is 25.2 Å². The molecule has 0 fully saturated rings. The Morgan fingerprint density at radius 3 is 2.57 bits per heavy atom. The van der Waals surface area contributed by atoms with E-state index in [0.717, 1.165) is 19.3 Å². The average Bonchev–Trinajstić information content (AvgIpc) is 2.14. The molecule has 0 saturated carbocycles. The highest BCUT2D eigenvalue weighted by Crippen LogP contribution is 2.00. The summed E-state index contributed by atoms with van der Waals surface area (Å²) in [7, 11) is 0. The van der Waals surface area contributed by atoms with Crippen molar-refractivity contribution in [2.24, 2.45) is 11.5 Å². The van der Waals surface area contributed by atoms with Gasteiger partial charge < -0.3 is 16.2 Å². The van der Waals surface area contributed by atoms with Gasteiger partial charge in [0, 0.05) is 0 Å². The topological polar surface area (TPSA) is 78.3 Å². The summed E-state index contributed by atoms with van der Waals surface area (Å²) >= 11 is 0. The van der Waals surface area contributed by atoms with E-state index in [-0.39, 0.29) is 18.4 Å². The number of carbonyl (C=O) groups is 1. The number of esters is 1. The minimum atomic E-state index is -0.474. The third-order valence-corrected chi connectivity index (χ3v) is 1.72. The van der Waals surface area contributed by atoms with Crippen LogP contribution >= 0.6 is 12.4 Å². The monoisotopic (exact) mass is 224 g/mol. The van der Waals surface area contributed by atoms with Gasteiger partial charge >= 0.3 is 5.97 Å². The zero-order chi connectivity index (χ0) is 10.1. The second-order valence-electron chi connectivity index (χ2n) is 3.06. The van der Waals surface area contributed by atoms with E-state index >= 15 is 0 Å². The molecule has 0 amide bonds. The predicted molar refractivity (Wildman–Crippen MR) is 59.4 cm³/mol. The number of nitrogens with two attached hydrogens (primary N) is 2. The van der Waals surface area contributed by atoms with Crippen LogP contribution in [0.4, 0.5) is 0 Å². The van der Waals surface area contributed by atoms with Gasteiger partial charge in [0.25, 0.3) is 0 Å². The van der Waals surface area contributed by atoms with Crippen molar-refractivity contribution in [1.29, 1.82) is 0 Å². The van der Waals surface area contributed by atoms with Crippen LogP contribution in [0.25, 0.3) is 0 Å². The molecule has 86 valence electrons. The first-order chi connectivity index (χ1) is 6.22. The number of halogens is 1. The molecule has 0 rings (SSSR count). The van der Waals surface area contributed by atoms with Crippen molar-refractivity contribution in [3.63, 3.8) is 0 Å². The first kappa shape index (κ1) is 16.1. The third kappa shape index (κ3) is 8.29. The first-order valence-electron chi connectivity index (χ1n) is 4.84. The van der Waals surface area contributed by atoms with Crippen LogP contribution in [0.2, 0.25) is 0 Å². The predicted octanol–water partition coefficient (Wildman–Crippen LogP) is 0.818. The fourth-order valence-corrected chi connectivity index (χ4v) is 0.936. The Balaban J connectivity index is 0. The van der Waals surface area contributed by atoms with E-state index in [1.54, 1.807) is 0 Å². The number of ether oxygens (including phenoxy) is 1. The summed E-state index contributed by atoms with van der Waals surface area (Å²) in [5.41, 5.74) is 10.9. The molecule has 0 spiro atoms. The van der Waals surface area contributed by atoms with Gasteiger partial charge in [0.2, 0.25) is 0 Å². The van der Waals surface area contributed by atoms with Crippen LogP contribution in [0.5, 0.6) is 0 Å². The molecule has 0 saturated heterocycles. The van der Waals surface area contributed by atoms with E-state index in [0.29, 0.717) is 19.6 Å². The lowest BCUT2D eigenvalue weighted by Crippen LogP contribution is -2.32. The summed E-state index contributed by atoms with van der Waals surface area (Å²) in [5.74, 6) is -0.293. The van der Waals surface area contributed by atoms with Crippen molar-refractivity contribution in [2.45, 2.75) is 38.6 Å². The molecule has 4 N–H and O–H groups in total. The average molecular weight is 225 g/mol. The minimum Gasteiger partial charge on any atom is -0.465 e. The molecule has 0 aromatic heterocycles. The molecule has 0 aliphatic rings. The quantitative estimate of drug-likeness (QED) is 0.496. The highest BCUT2D eigenvalue weighted by Gasteiger charge is 2.13. The summed E-state index contributed by atoms with van der Waals surface area (Å²) < 4.78 is 4.89. The smallest absolute Gasteiger partial charge is 0.322 e. The van der Waals surface area contributed by atoms with Crippen LogP contribution in [0.3, 0.4) is 0 Å². The van der Waals surface area contributed by atoms with Crippen molar-refractivity contribution in [1.82, 2.24) is 0 Å². The van der Waals surface area contributed by atoms with Crippen LogP contribution in [0.15, 0.2) is 0 Å². The van der Waals surface area contributed by atoms with Gasteiger partial charge in [0.15, 0.2) is 0 Å². The lowest BCUT2D eigenvalue weighted by Gasteiger charge is -2.10. The highest BCUT2D eigenvalue weighted by molar-refractivity contribution is 5.85. The third-order valence-electron chi connectivity index (χ3n) is 1.72. The Labute approximate surface area is 91.8 Å². The summed E-state index contributed by atoms with van der Waals surface area (Å²) in [6.45, 7) is 3.06. The summed E-state index contributed by atoms with van der Waals surface area (Å²) in [4.78, 5) is 11.1. The van der Waals surface area contributed by atoms with Crippen molar-refractivity contribution in [2.75, 3.05) is 13.2 Å². The molecular formula is C9H21ClN2O2. The SMILES string of the molecule is CCCOC(=O)[C@@H](N)CCCCN.Cl. The van der Waals surface area contributed by atoms with Crippen LogP contribution in [0.1, 0.15) is 32.6 Å². The minimum absolute atomic E-state index is 0. The summed E-state index contributed by atoms with van der Waals surface area (Å²) in [6, 6.07) is -0.474. The van der Waals surface area contributed by atoms with Gasteiger partial charge in [-0.15, -0.1) is 12.4 Å². The molecule has 0 aromatic carbocycles. The molecule has 0 bridgehead atoms. The molecule has 4 nitrogen and oxygen atoms in total. The summed E-state index contributed by atoms with van der Waals surface area (Å²) in [6.07, 6.45) is 3.30. The fourth-order valence-electron chi connectivity index (χ4n) is 0.936. The molecule has 0 aromatic rings. The maximum atomic E-state index is 11.1. The van der Waals surface area contributed by atoms with E-state index in [1.807, 2.05) is 6.92 Å². The normalized spacial score (nSPS) is 11.6. The molecule has 14 heavy (non-hydrogen) atoms. The number of hydrogen-bond acceptors (Lipinski definition) is 4. The molecule has 0 unspecified atom stereocenters. The number of hydrogen-bond donors (Lipinski definition) is 2. The van der Waals surface area contributed by atoms with Gasteiger partial charge in [-0.25, -0.2) is 0 Å². The largest absolute Gasteiger partial charge is 0.465 e. The molecule has 1 atom stereocenters. The van der Waals surface area contributed by atoms with Gasteiger partial charge in [-0.2, -0.15) is 0 Å². The van der Waals surface area contributed by atoms with E-state index in [9.17, 15) is 4.79 Å². The van der Waals surface area contributed by atoms with Crippen LogP contribution in [0, 0.1) is 0 Å². The van der Waals surface area contributed by atoms with E-state index < -0.39 is 6.04 Å². The Morgan fingerprint density at radius 2 is 2.07 bits per heavy atom.